The fourth-order valence-electron chi connectivity index (χ4n) is 1.49. The molecule has 0 aliphatic carbocycles. The highest BCUT2D eigenvalue weighted by Crippen LogP contribution is 2.31. The molecule has 0 spiro atoms. The molecule has 1 aromatic carbocycles. The Balaban J connectivity index is 2.38. The minimum absolute atomic E-state index is 0.250. The lowest BCUT2D eigenvalue weighted by atomic mass is 10.2. The number of nitrogens with zero attached hydrogens (tertiary/aromatic N) is 2. The summed E-state index contributed by atoms with van der Waals surface area (Å²) < 4.78 is 15.4. The molecular formula is C12H14N2O4. The molecule has 18 heavy (non-hydrogen) atoms. The van der Waals surface area contributed by atoms with E-state index in [-0.39, 0.29) is 5.82 Å². The Labute approximate surface area is 104 Å². The summed E-state index contributed by atoms with van der Waals surface area (Å²) in [6.07, 6.45) is -0.761. The number of aliphatic hydroxyl groups is 1. The fourth-order valence-corrected chi connectivity index (χ4v) is 1.49. The zero-order chi connectivity index (χ0) is 13.1. The SMILES string of the molecule is COc1ccc(-c2nc(C(C)O)no2)cc1OC. The Morgan fingerprint density at radius 3 is 2.50 bits per heavy atom. The van der Waals surface area contributed by atoms with Crippen LogP contribution in [-0.2, 0) is 0 Å². The molecule has 0 aliphatic rings. The van der Waals surface area contributed by atoms with Gasteiger partial charge in [-0.15, -0.1) is 0 Å². The Morgan fingerprint density at radius 2 is 1.94 bits per heavy atom. The lowest BCUT2D eigenvalue weighted by molar-refractivity contribution is 0.184. The van der Waals surface area contributed by atoms with Gasteiger partial charge < -0.3 is 19.1 Å². The van der Waals surface area contributed by atoms with Crippen molar-refractivity contribution in [2.45, 2.75) is 13.0 Å². The number of rotatable bonds is 4. The molecule has 6 nitrogen and oxygen atoms in total. The molecule has 0 bridgehead atoms. The second-order valence-corrected chi connectivity index (χ2v) is 3.70. The molecule has 6 heteroatoms. The van der Waals surface area contributed by atoms with Crippen LogP contribution in [-0.4, -0.2) is 29.5 Å². The summed E-state index contributed by atoms with van der Waals surface area (Å²) in [4.78, 5) is 4.09. The number of ether oxygens (including phenoxy) is 2. The highest BCUT2D eigenvalue weighted by atomic mass is 16.5. The van der Waals surface area contributed by atoms with Crippen molar-refractivity contribution in [3.05, 3.63) is 24.0 Å². The monoisotopic (exact) mass is 250 g/mol. The van der Waals surface area contributed by atoms with E-state index in [0.29, 0.717) is 23.0 Å². The van der Waals surface area contributed by atoms with Crippen LogP contribution in [0.3, 0.4) is 0 Å². The van der Waals surface area contributed by atoms with Gasteiger partial charge in [-0.2, -0.15) is 4.98 Å². The van der Waals surface area contributed by atoms with Crippen molar-refractivity contribution in [2.24, 2.45) is 0 Å². The van der Waals surface area contributed by atoms with Gasteiger partial charge >= 0.3 is 0 Å². The van der Waals surface area contributed by atoms with E-state index in [0.717, 1.165) is 0 Å². The van der Waals surface area contributed by atoms with Gasteiger partial charge in [-0.25, -0.2) is 0 Å². The number of hydrogen-bond acceptors (Lipinski definition) is 6. The van der Waals surface area contributed by atoms with Gasteiger partial charge in [-0.05, 0) is 25.1 Å². The van der Waals surface area contributed by atoms with Crippen LogP contribution < -0.4 is 9.47 Å². The highest BCUT2D eigenvalue weighted by molar-refractivity contribution is 5.59. The van der Waals surface area contributed by atoms with E-state index in [1.165, 1.54) is 0 Å². The van der Waals surface area contributed by atoms with Gasteiger partial charge in [0.1, 0.15) is 6.10 Å². The first-order valence-electron chi connectivity index (χ1n) is 5.39. The highest BCUT2D eigenvalue weighted by Gasteiger charge is 2.14. The molecular weight excluding hydrogens is 236 g/mol. The molecule has 0 saturated carbocycles. The number of methoxy groups -OCH3 is 2. The van der Waals surface area contributed by atoms with Crippen molar-refractivity contribution in [2.75, 3.05) is 14.2 Å². The summed E-state index contributed by atoms with van der Waals surface area (Å²) in [5, 5.41) is 13.0. The first kappa shape index (κ1) is 12.4. The van der Waals surface area contributed by atoms with Crippen LogP contribution >= 0.6 is 0 Å². The maximum atomic E-state index is 9.34. The zero-order valence-corrected chi connectivity index (χ0v) is 10.4. The Bertz CT molecular complexity index is 537. The van der Waals surface area contributed by atoms with Crippen molar-refractivity contribution in [3.63, 3.8) is 0 Å². The molecule has 2 rings (SSSR count). The van der Waals surface area contributed by atoms with E-state index in [4.69, 9.17) is 14.0 Å². The number of aliphatic hydroxyl groups excluding tert-OH is 1. The van der Waals surface area contributed by atoms with Gasteiger partial charge in [0.2, 0.25) is 0 Å². The van der Waals surface area contributed by atoms with Crippen molar-refractivity contribution in [1.82, 2.24) is 10.1 Å². The second-order valence-electron chi connectivity index (χ2n) is 3.70. The minimum atomic E-state index is -0.761. The van der Waals surface area contributed by atoms with Crippen molar-refractivity contribution in [1.29, 1.82) is 0 Å². The van der Waals surface area contributed by atoms with Gasteiger partial charge in [0.05, 0.1) is 14.2 Å². The topological polar surface area (TPSA) is 77.6 Å². The molecule has 2 aromatic rings. The summed E-state index contributed by atoms with van der Waals surface area (Å²) in [5.41, 5.74) is 0.701. The van der Waals surface area contributed by atoms with Gasteiger partial charge in [0.25, 0.3) is 5.89 Å². The van der Waals surface area contributed by atoms with E-state index in [1.54, 1.807) is 39.3 Å². The average Bonchev–Trinajstić information content (AvgIpc) is 2.87. The van der Waals surface area contributed by atoms with Gasteiger partial charge in [0.15, 0.2) is 17.3 Å². The van der Waals surface area contributed by atoms with Crippen LogP contribution in [0.5, 0.6) is 11.5 Å². The van der Waals surface area contributed by atoms with Crippen molar-refractivity contribution in [3.8, 4) is 23.0 Å². The van der Waals surface area contributed by atoms with Crippen LogP contribution in [0, 0.1) is 0 Å². The van der Waals surface area contributed by atoms with Crippen LogP contribution in [0.2, 0.25) is 0 Å². The fraction of sp³-hybridized carbons (Fsp3) is 0.333. The summed E-state index contributed by atoms with van der Waals surface area (Å²) in [6, 6.07) is 5.26. The molecule has 1 heterocycles. The maximum Gasteiger partial charge on any atom is 0.258 e. The number of aromatic nitrogens is 2. The largest absolute Gasteiger partial charge is 0.493 e. The molecule has 0 amide bonds. The van der Waals surface area contributed by atoms with Crippen molar-refractivity contribution < 1.29 is 19.1 Å². The molecule has 0 saturated heterocycles. The Morgan fingerprint density at radius 1 is 1.22 bits per heavy atom. The quantitative estimate of drug-likeness (QED) is 0.891. The number of hydrogen-bond donors (Lipinski definition) is 1. The van der Waals surface area contributed by atoms with Gasteiger partial charge in [-0.1, -0.05) is 5.16 Å². The zero-order valence-electron chi connectivity index (χ0n) is 10.4. The van der Waals surface area contributed by atoms with Crippen LogP contribution in [0.4, 0.5) is 0 Å². The third-order valence-corrected chi connectivity index (χ3v) is 2.45. The first-order valence-corrected chi connectivity index (χ1v) is 5.39. The summed E-state index contributed by atoms with van der Waals surface area (Å²) in [7, 11) is 3.12. The Hall–Kier alpha value is -2.08. The average molecular weight is 250 g/mol. The van der Waals surface area contributed by atoms with E-state index in [9.17, 15) is 5.11 Å². The van der Waals surface area contributed by atoms with E-state index >= 15 is 0 Å². The molecule has 1 unspecified atom stereocenters. The molecule has 1 N–H and O–H groups in total. The lowest BCUT2D eigenvalue weighted by Crippen LogP contribution is -1.93. The third kappa shape index (κ3) is 2.28. The molecule has 96 valence electrons. The minimum Gasteiger partial charge on any atom is -0.493 e. The van der Waals surface area contributed by atoms with E-state index in [1.807, 2.05) is 0 Å². The van der Waals surface area contributed by atoms with Crippen LogP contribution in [0.1, 0.15) is 18.9 Å². The van der Waals surface area contributed by atoms with E-state index < -0.39 is 6.10 Å². The van der Waals surface area contributed by atoms with Crippen LogP contribution in [0.25, 0.3) is 11.5 Å². The smallest absolute Gasteiger partial charge is 0.258 e. The molecule has 1 aromatic heterocycles. The summed E-state index contributed by atoms with van der Waals surface area (Å²) in [6.45, 7) is 1.57. The molecule has 0 fully saturated rings. The summed E-state index contributed by atoms with van der Waals surface area (Å²) >= 11 is 0. The second kappa shape index (κ2) is 5.05. The number of benzene rings is 1. The maximum absolute atomic E-state index is 9.34. The normalized spacial score (nSPS) is 12.2. The predicted octanol–water partition coefficient (Wildman–Crippen LogP) is 1.81. The van der Waals surface area contributed by atoms with Crippen LogP contribution in [0.15, 0.2) is 22.7 Å². The Kier molecular flexibility index (Phi) is 3.47. The third-order valence-electron chi connectivity index (χ3n) is 2.45. The first-order chi connectivity index (χ1) is 8.65. The summed E-state index contributed by atoms with van der Waals surface area (Å²) in [5.74, 6) is 1.77. The van der Waals surface area contributed by atoms with E-state index in [2.05, 4.69) is 10.1 Å². The van der Waals surface area contributed by atoms with Gasteiger partial charge in [0, 0.05) is 5.56 Å². The van der Waals surface area contributed by atoms with Gasteiger partial charge in [-0.3, -0.25) is 0 Å². The molecule has 0 aliphatic heterocycles. The lowest BCUT2D eigenvalue weighted by Gasteiger charge is -2.07. The molecule has 0 radical (unpaired) electrons. The van der Waals surface area contributed by atoms with Crippen molar-refractivity contribution >= 4 is 0 Å². The molecule has 1 atom stereocenters. The predicted molar refractivity (Wildman–Crippen MR) is 63.5 cm³/mol. The standard InChI is InChI=1S/C12H14N2O4/c1-7(15)11-13-12(18-14-11)8-4-5-9(16-2)10(6-8)17-3/h4-7,15H,1-3H3.